The number of nitrogens with zero attached hydrogens (tertiary/aromatic N) is 2. The summed E-state index contributed by atoms with van der Waals surface area (Å²) in [4.78, 5) is 25.6. The summed E-state index contributed by atoms with van der Waals surface area (Å²) < 4.78 is 27.6. The molecule has 2 saturated heterocycles. The van der Waals surface area contributed by atoms with Crippen LogP contribution in [-0.2, 0) is 26.0 Å². The second-order valence-corrected chi connectivity index (χ2v) is 10.5. The normalized spacial score (nSPS) is 18.1. The van der Waals surface area contributed by atoms with Crippen LogP contribution in [0.3, 0.4) is 0 Å². The van der Waals surface area contributed by atoms with Gasteiger partial charge in [0.25, 0.3) is 0 Å². The van der Waals surface area contributed by atoms with Gasteiger partial charge >= 0.3 is 0 Å². The van der Waals surface area contributed by atoms with Gasteiger partial charge in [-0.1, -0.05) is 30.3 Å². The molecule has 2 aromatic carbocycles. The first-order chi connectivity index (χ1) is 15.4. The summed E-state index contributed by atoms with van der Waals surface area (Å²) in [7, 11) is -3.56. The number of hydrogen-bond donors (Lipinski definition) is 1. The van der Waals surface area contributed by atoms with Gasteiger partial charge in [-0.25, -0.2) is 8.42 Å². The van der Waals surface area contributed by atoms with Gasteiger partial charge in [-0.3, -0.25) is 9.59 Å². The topological polar surface area (TPSA) is 86.8 Å². The van der Waals surface area contributed by atoms with Gasteiger partial charge in [-0.15, -0.1) is 0 Å². The standard InChI is InChI=1S/C24H29N3O4S/c28-23(18-26-14-4-7-24(26)29)25-21-8-10-22(11-9-21)32(30,31)27-15-12-20(13-16-27)17-19-5-2-1-3-6-19/h1-3,5-6,8-11,20H,4,7,12-18H2,(H,25,28). The predicted octanol–water partition coefficient (Wildman–Crippen LogP) is 2.89. The Morgan fingerprint density at radius 1 is 0.969 bits per heavy atom. The van der Waals surface area contributed by atoms with Gasteiger partial charge in [-0.05, 0) is 61.4 Å². The smallest absolute Gasteiger partial charge is 0.243 e. The Morgan fingerprint density at radius 3 is 2.28 bits per heavy atom. The van der Waals surface area contributed by atoms with Crippen molar-refractivity contribution in [3.8, 4) is 0 Å². The van der Waals surface area contributed by atoms with Crippen molar-refractivity contribution in [3.63, 3.8) is 0 Å². The zero-order valence-electron chi connectivity index (χ0n) is 18.1. The summed E-state index contributed by atoms with van der Waals surface area (Å²) in [5.41, 5.74) is 1.81. The summed E-state index contributed by atoms with van der Waals surface area (Å²) in [5.74, 6) is 0.203. The second-order valence-electron chi connectivity index (χ2n) is 8.53. The number of benzene rings is 2. The van der Waals surface area contributed by atoms with E-state index < -0.39 is 10.0 Å². The van der Waals surface area contributed by atoms with Crippen LogP contribution in [0, 0.1) is 5.92 Å². The first-order valence-corrected chi connectivity index (χ1v) is 12.6. The number of carbonyl (C=O) groups is 2. The molecule has 2 heterocycles. The summed E-state index contributed by atoms with van der Waals surface area (Å²) >= 11 is 0. The Morgan fingerprint density at radius 2 is 1.66 bits per heavy atom. The first kappa shape index (κ1) is 22.5. The van der Waals surface area contributed by atoms with E-state index in [1.165, 1.54) is 22.6 Å². The van der Waals surface area contributed by atoms with Crippen LogP contribution in [0.25, 0.3) is 0 Å². The molecule has 2 fully saturated rings. The SMILES string of the molecule is O=C(CN1CCCC1=O)Nc1ccc(S(=O)(=O)N2CCC(Cc3ccccc3)CC2)cc1. The van der Waals surface area contributed by atoms with Gasteiger partial charge in [0.1, 0.15) is 0 Å². The van der Waals surface area contributed by atoms with Crippen molar-refractivity contribution in [1.29, 1.82) is 0 Å². The molecule has 0 bridgehead atoms. The number of carbonyl (C=O) groups excluding carboxylic acids is 2. The van der Waals surface area contributed by atoms with Crippen molar-refractivity contribution in [1.82, 2.24) is 9.21 Å². The van der Waals surface area contributed by atoms with E-state index >= 15 is 0 Å². The molecule has 8 heteroatoms. The van der Waals surface area contributed by atoms with E-state index in [0.29, 0.717) is 37.7 Å². The third kappa shape index (κ3) is 5.37. The largest absolute Gasteiger partial charge is 0.333 e. The monoisotopic (exact) mass is 455 g/mol. The van der Waals surface area contributed by atoms with E-state index in [-0.39, 0.29) is 23.3 Å². The van der Waals surface area contributed by atoms with Crippen LogP contribution in [0.1, 0.15) is 31.2 Å². The van der Waals surface area contributed by atoms with Crippen LogP contribution in [0.5, 0.6) is 0 Å². The molecular weight excluding hydrogens is 426 g/mol. The number of nitrogens with one attached hydrogen (secondary N) is 1. The Bertz CT molecular complexity index is 1050. The van der Waals surface area contributed by atoms with Crippen molar-refractivity contribution >= 4 is 27.5 Å². The fourth-order valence-electron chi connectivity index (χ4n) is 4.41. The molecule has 2 aliphatic heterocycles. The third-order valence-electron chi connectivity index (χ3n) is 6.22. The average Bonchev–Trinajstić information content (AvgIpc) is 3.19. The Labute approximate surface area is 189 Å². The summed E-state index contributed by atoms with van der Waals surface area (Å²) in [5, 5.41) is 2.74. The lowest BCUT2D eigenvalue weighted by atomic mass is 9.91. The Hall–Kier alpha value is -2.71. The molecule has 0 saturated carbocycles. The molecule has 0 aliphatic carbocycles. The van der Waals surface area contributed by atoms with Crippen LogP contribution in [0.4, 0.5) is 5.69 Å². The van der Waals surface area contributed by atoms with Crippen molar-refractivity contribution in [2.45, 2.75) is 37.0 Å². The molecule has 0 atom stereocenters. The highest BCUT2D eigenvalue weighted by atomic mass is 32.2. The molecule has 4 rings (SSSR count). The van der Waals surface area contributed by atoms with E-state index in [1.54, 1.807) is 16.4 Å². The van der Waals surface area contributed by atoms with Gasteiger partial charge in [0.05, 0.1) is 11.4 Å². The highest BCUT2D eigenvalue weighted by molar-refractivity contribution is 7.89. The van der Waals surface area contributed by atoms with Crippen molar-refractivity contribution in [2.75, 3.05) is 31.5 Å². The van der Waals surface area contributed by atoms with Gasteiger partial charge in [0.15, 0.2) is 0 Å². The fraction of sp³-hybridized carbons (Fsp3) is 0.417. The average molecular weight is 456 g/mol. The molecule has 0 aromatic heterocycles. The zero-order valence-corrected chi connectivity index (χ0v) is 18.9. The minimum atomic E-state index is -3.56. The molecular formula is C24H29N3O4S. The predicted molar refractivity (Wildman–Crippen MR) is 123 cm³/mol. The quantitative estimate of drug-likeness (QED) is 0.696. The van der Waals surface area contributed by atoms with Gasteiger partial charge in [0, 0.05) is 31.7 Å². The minimum absolute atomic E-state index is 0.00543. The lowest BCUT2D eigenvalue weighted by Gasteiger charge is -2.31. The molecule has 0 spiro atoms. The molecule has 170 valence electrons. The number of rotatable bonds is 7. The highest BCUT2D eigenvalue weighted by Crippen LogP contribution is 2.26. The molecule has 1 N–H and O–H groups in total. The number of piperidine rings is 1. The van der Waals surface area contributed by atoms with E-state index in [9.17, 15) is 18.0 Å². The molecule has 2 aromatic rings. The number of sulfonamides is 1. The van der Waals surface area contributed by atoms with E-state index in [1.807, 2.05) is 18.2 Å². The maximum atomic E-state index is 13.0. The van der Waals surface area contributed by atoms with Crippen LogP contribution in [-0.4, -0.2) is 55.6 Å². The number of hydrogen-bond acceptors (Lipinski definition) is 4. The van der Waals surface area contributed by atoms with Crippen LogP contribution < -0.4 is 5.32 Å². The highest BCUT2D eigenvalue weighted by Gasteiger charge is 2.29. The van der Waals surface area contributed by atoms with E-state index in [0.717, 1.165) is 25.7 Å². The molecule has 32 heavy (non-hydrogen) atoms. The number of likely N-dealkylation sites (tertiary alicyclic amines) is 1. The van der Waals surface area contributed by atoms with E-state index in [2.05, 4.69) is 17.4 Å². The van der Waals surface area contributed by atoms with Crippen LogP contribution in [0.15, 0.2) is 59.5 Å². The van der Waals surface area contributed by atoms with Crippen molar-refractivity contribution in [3.05, 3.63) is 60.2 Å². The summed E-state index contributed by atoms with van der Waals surface area (Å²) in [6.07, 6.45) is 3.94. The minimum Gasteiger partial charge on any atom is -0.333 e. The van der Waals surface area contributed by atoms with E-state index in [4.69, 9.17) is 0 Å². The maximum absolute atomic E-state index is 13.0. The van der Waals surface area contributed by atoms with Gasteiger partial charge < -0.3 is 10.2 Å². The van der Waals surface area contributed by atoms with Gasteiger partial charge in [-0.2, -0.15) is 4.31 Å². The molecule has 7 nitrogen and oxygen atoms in total. The first-order valence-electron chi connectivity index (χ1n) is 11.1. The number of amides is 2. The Kier molecular flexibility index (Phi) is 6.91. The van der Waals surface area contributed by atoms with Crippen LogP contribution >= 0.6 is 0 Å². The van der Waals surface area contributed by atoms with Crippen molar-refractivity contribution < 1.29 is 18.0 Å². The summed E-state index contributed by atoms with van der Waals surface area (Å²) in [6.45, 7) is 1.66. The maximum Gasteiger partial charge on any atom is 0.243 e. The number of anilines is 1. The fourth-order valence-corrected chi connectivity index (χ4v) is 5.88. The second kappa shape index (κ2) is 9.83. The molecule has 0 radical (unpaired) electrons. The lowest BCUT2D eigenvalue weighted by Crippen LogP contribution is -2.38. The Balaban J connectivity index is 1.31. The zero-order chi connectivity index (χ0) is 22.6. The van der Waals surface area contributed by atoms with Gasteiger partial charge in [0.2, 0.25) is 21.8 Å². The molecule has 2 amide bonds. The molecule has 2 aliphatic rings. The van der Waals surface area contributed by atoms with Crippen molar-refractivity contribution in [2.24, 2.45) is 5.92 Å². The lowest BCUT2D eigenvalue weighted by molar-refractivity contribution is -0.131. The molecule has 0 unspecified atom stereocenters. The third-order valence-corrected chi connectivity index (χ3v) is 8.14. The van der Waals surface area contributed by atoms with Crippen LogP contribution in [0.2, 0.25) is 0 Å². The summed E-state index contributed by atoms with van der Waals surface area (Å²) in [6, 6.07) is 16.6.